The minimum absolute atomic E-state index is 0.228. The van der Waals surface area contributed by atoms with Crippen molar-refractivity contribution in [2.45, 2.75) is 33.0 Å². The molecule has 0 saturated heterocycles. The molecule has 0 fully saturated rings. The van der Waals surface area contributed by atoms with Crippen LogP contribution in [-0.2, 0) is 20.8 Å². The van der Waals surface area contributed by atoms with Crippen LogP contribution in [0, 0.1) is 11.3 Å². The van der Waals surface area contributed by atoms with Gasteiger partial charge in [0.1, 0.15) is 28.9 Å². The van der Waals surface area contributed by atoms with Crippen LogP contribution >= 0.6 is 0 Å². The molecule has 0 radical (unpaired) electrons. The monoisotopic (exact) mass is 381 g/mol. The minimum Gasteiger partial charge on any atom is -0.480 e. The SMILES string of the molecule is CC(C)(C)OC(=O)COc1cc(Oc2ccc3c(c2)COB3O)ccc1C#N. The fraction of sp³-hybridized carbons (Fsp3) is 0.300. The second-order valence-electron chi connectivity index (χ2n) is 7.27. The standard InChI is InChI=1S/C20H20BNO6/c1-20(2,3)28-19(23)12-25-18-9-16(5-4-13(18)10-22)27-15-6-7-17-14(8-15)11-26-21(17)24/h4-9,24H,11-12H2,1-3H3. The summed E-state index contributed by atoms with van der Waals surface area (Å²) in [4.78, 5) is 11.8. The Labute approximate surface area is 163 Å². The maximum atomic E-state index is 11.8. The summed E-state index contributed by atoms with van der Waals surface area (Å²) in [6, 6.07) is 12.0. The third kappa shape index (κ3) is 4.82. The van der Waals surface area contributed by atoms with Crippen molar-refractivity contribution in [3.05, 3.63) is 47.5 Å². The van der Waals surface area contributed by atoms with Gasteiger partial charge in [0, 0.05) is 6.07 Å². The van der Waals surface area contributed by atoms with Crippen molar-refractivity contribution in [1.82, 2.24) is 0 Å². The van der Waals surface area contributed by atoms with Crippen LogP contribution in [0.25, 0.3) is 0 Å². The number of fused-ring (bicyclic) bond motifs is 1. The Bertz CT molecular complexity index is 931. The first-order valence-corrected chi connectivity index (χ1v) is 8.74. The third-order valence-corrected chi connectivity index (χ3v) is 3.85. The summed E-state index contributed by atoms with van der Waals surface area (Å²) >= 11 is 0. The molecule has 144 valence electrons. The van der Waals surface area contributed by atoms with E-state index in [1.54, 1.807) is 57.2 Å². The van der Waals surface area contributed by atoms with Crippen molar-refractivity contribution in [3.8, 4) is 23.3 Å². The summed E-state index contributed by atoms with van der Waals surface area (Å²) in [6.07, 6.45) is 0. The molecule has 1 aliphatic rings. The molecule has 0 bridgehead atoms. The highest BCUT2D eigenvalue weighted by Crippen LogP contribution is 2.29. The number of carbonyl (C=O) groups is 1. The number of hydrogen-bond acceptors (Lipinski definition) is 7. The lowest BCUT2D eigenvalue weighted by molar-refractivity contribution is -0.157. The van der Waals surface area contributed by atoms with E-state index >= 15 is 0 Å². The zero-order valence-corrected chi connectivity index (χ0v) is 15.9. The average molecular weight is 381 g/mol. The maximum Gasteiger partial charge on any atom is 0.491 e. The second-order valence-corrected chi connectivity index (χ2v) is 7.27. The summed E-state index contributed by atoms with van der Waals surface area (Å²) in [5, 5.41) is 18.9. The van der Waals surface area contributed by atoms with Crippen LogP contribution in [0.2, 0.25) is 0 Å². The normalized spacial score (nSPS) is 12.9. The van der Waals surface area contributed by atoms with Gasteiger partial charge in [0.2, 0.25) is 0 Å². The Kier molecular flexibility index (Phi) is 5.59. The van der Waals surface area contributed by atoms with Crippen LogP contribution < -0.4 is 14.9 Å². The third-order valence-electron chi connectivity index (χ3n) is 3.85. The average Bonchev–Trinajstić information content (AvgIpc) is 2.99. The first kappa shape index (κ1) is 19.7. The van der Waals surface area contributed by atoms with E-state index in [2.05, 4.69) is 0 Å². The summed E-state index contributed by atoms with van der Waals surface area (Å²) < 4.78 is 21.7. The molecule has 1 N–H and O–H groups in total. The van der Waals surface area contributed by atoms with Gasteiger partial charge in [0.15, 0.2) is 6.61 Å². The highest BCUT2D eigenvalue weighted by Gasteiger charge is 2.27. The smallest absolute Gasteiger partial charge is 0.480 e. The Morgan fingerprint density at radius 2 is 1.96 bits per heavy atom. The molecule has 1 heterocycles. The quantitative estimate of drug-likeness (QED) is 0.627. The molecule has 0 atom stereocenters. The van der Waals surface area contributed by atoms with E-state index in [0.29, 0.717) is 23.6 Å². The molecule has 8 heteroatoms. The molecule has 2 aromatic carbocycles. The van der Waals surface area contributed by atoms with E-state index in [9.17, 15) is 15.1 Å². The first-order chi connectivity index (χ1) is 13.2. The molecular formula is C20H20BNO6. The second kappa shape index (κ2) is 7.93. The largest absolute Gasteiger partial charge is 0.491 e. The molecule has 28 heavy (non-hydrogen) atoms. The van der Waals surface area contributed by atoms with Crippen LogP contribution in [0.15, 0.2) is 36.4 Å². The predicted molar refractivity (Wildman–Crippen MR) is 101 cm³/mol. The van der Waals surface area contributed by atoms with Gasteiger partial charge in [-0.3, -0.25) is 0 Å². The first-order valence-electron chi connectivity index (χ1n) is 8.74. The number of rotatable bonds is 5. The zero-order chi connectivity index (χ0) is 20.3. The molecule has 0 amide bonds. The van der Waals surface area contributed by atoms with Crippen molar-refractivity contribution in [1.29, 1.82) is 5.26 Å². The van der Waals surface area contributed by atoms with Gasteiger partial charge in [0.25, 0.3) is 0 Å². The van der Waals surface area contributed by atoms with E-state index in [-0.39, 0.29) is 17.9 Å². The topological polar surface area (TPSA) is 98.0 Å². The molecule has 1 aliphatic heterocycles. The molecule has 0 spiro atoms. The van der Waals surface area contributed by atoms with Crippen molar-refractivity contribution >= 4 is 18.6 Å². The Balaban J connectivity index is 1.72. The zero-order valence-electron chi connectivity index (χ0n) is 15.9. The number of hydrogen-bond donors (Lipinski definition) is 1. The number of ether oxygens (including phenoxy) is 3. The Morgan fingerprint density at radius 3 is 2.68 bits per heavy atom. The lowest BCUT2D eigenvalue weighted by Gasteiger charge is -2.19. The number of carbonyl (C=O) groups excluding carboxylic acids is 1. The van der Waals surface area contributed by atoms with Crippen LogP contribution in [0.1, 0.15) is 31.9 Å². The van der Waals surface area contributed by atoms with Gasteiger partial charge < -0.3 is 23.9 Å². The summed E-state index contributed by atoms with van der Waals surface area (Å²) in [5.41, 5.74) is 1.23. The van der Waals surface area contributed by atoms with E-state index in [0.717, 1.165) is 5.56 Å². The number of benzene rings is 2. The summed E-state index contributed by atoms with van der Waals surface area (Å²) in [7, 11) is -0.910. The van der Waals surface area contributed by atoms with E-state index in [4.69, 9.17) is 18.9 Å². The van der Waals surface area contributed by atoms with Crippen LogP contribution in [0.4, 0.5) is 0 Å². The molecule has 7 nitrogen and oxygen atoms in total. The van der Waals surface area contributed by atoms with Crippen molar-refractivity contribution in [2.75, 3.05) is 6.61 Å². The minimum atomic E-state index is -0.910. The van der Waals surface area contributed by atoms with E-state index in [1.807, 2.05) is 6.07 Å². The van der Waals surface area contributed by atoms with Gasteiger partial charge in [-0.2, -0.15) is 5.26 Å². The Morgan fingerprint density at radius 1 is 1.25 bits per heavy atom. The molecule has 0 saturated carbocycles. The Hall–Kier alpha value is -3.02. The van der Waals surface area contributed by atoms with Crippen molar-refractivity contribution < 1.29 is 28.7 Å². The van der Waals surface area contributed by atoms with Gasteiger partial charge >= 0.3 is 13.1 Å². The van der Waals surface area contributed by atoms with Crippen LogP contribution in [-0.4, -0.2) is 30.3 Å². The predicted octanol–water partition coefficient (Wildman–Crippen LogP) is 2.29. The number of esters is 1. The fourth-order valence-electron chi connectivity index (χ4n) is 2.69. The van der Waals surface area contributed by atoms with Crippen molar-refractivity contribution in [2.24, 2.45) is 0 Å². The molecule has 0 aromatic heterocycles. The van der Waals surface area contributed by atoms with Gasteiger partial charge in [-0.1, -0.05) is 6.07 Å². The fourth-order valence-corrected chi connectivity index (χ4v) is 2.69. The van der Waals surface area contributed by atoms with Gasteiger partial charge in [-0.15, -0.1) is 0 Å². The molecule has 0 unspecified atom stereocenters. The van der Waals surface area contributed by atoms with Crippen molar-refractivity contribution in [3.63, 3.8) is 0 Å². The lowest BCUT2D eigenvalue weighted by atomic mass is 9.80. The molecule has 3 rings (SSSR count). The highest BCUT2D eigenvalue weighted by molar-refractivity contribution is 6.61. The van der Waals surface area contributed by atoms with Crippen LogP contribution in [0.3, 0.4) is 0 Å². The van der Waals surface area contributed by atoms with Gasteiger partial charge in [-0.25, -0.2) is 4.79 Å². The molecule has 2 aromatic rings. The molecular weight excluding hydrogens is 361 g/mol. The van der Waals surface area contributed by atoms with E-state index < -0.39 is 18.7 Å². The lowest BCUT2D eigenvalue weighted by Crippen LogP contribution is -2.27. The summed E-state index contributed by atoms with van der Waals surface area (Å²) in [6.45, 7) is 5.29. The maximum absolute atomic E-state index is 11.8. The molecule has 0 aliphatic carbocycles. The number of nitrogens with zero attached hydrogens (tertiary/aromatic N) is 1. The van der Waals surface area contributed by atoms with E-state index in [1.165, 1.54) is 0 Å². The highest BCUT2D eigenvalue weighted by atomic mass is 16.6. The van der Waals surface area contributed by atoms with Gasteiger partial charge in [0.05, 0.1) is 12.2 Å². The number of nitriles is 1. The summed E-state index contributed by atoms with van der Waals surface area (Å²) in [5.74, 6) is 0.697. The van der Waals surface area contributed by atoms with Gasteiger partial charge in [-0.05, 0) is 56.1 Å². The van der Waals surface area contributed by atoms with Crippen LogP contribution in [0.5, 0.6) is 17.2 Å².